The fraction of sp³-hybridized carbons (Fsp3) is 0.933. The number of likely N-dealkylation sites (N-methyl/N-ethyl adjacent to an activating group) is 1. The van der Waals surface area contributed by atoms with Crippen molar-refractivity contribution in [2.45, 2.75) is 56.9 Å². The number of thioether (sulfide) groups is 1. The first kappa shape index (κ1) is 17.6. The second kappa shape index (κ2) is 9.50. The molecule has 5 heteroatoms. The van der Waals surface area contributed by atoms with Gasteiger partial charge in [-0.05, 0) is 45.9 Å². The number of nitrogens with one attached hydrogen (secondary N) is 2. The van der Waals surface area contributed by atoms with Gasteiger partial charge in [0.05, 0.1) is 0 Å². The molecule has 118 valence electrons. The van der Waals surface area contributed by atoms with Gasteiger partial charge in [-0.25, -0.2) is 0 Å². The van der Waals surface area contributed by atoms with Crippen molar-refractivity contribution in [1.82, 2.24) is 15.5 Å². The lowest BCUT2D eigenvalue weighted by atomic mass is 10.2. The highest BCUT2D eigenvalue weighted by molar-refractivity contribution is 7.99. The van der Waals surface area contributed by atoms with Gasteiger partial charge in [0.1, 0.15) is 0 Å². The molecule has 1 fully saturated rings. The average Bonchev–Trinajstić information content (AvgIpc) is 2.92. The third kappa shape index (κ3) is 5.92. The molecule has 0 aromatic rings. The van der Waals surface area contributed by atoms with Crippen LogP contribution in [-0.4, -0.2) is 61.6 Å². The number of nitrogens with zero attached hydrogens (tertiary/aromatic N) is 2. The van der Waals surface area contributed by atoms with E-state index in [1.807, 2.05) is 18.8 Å². The van der Waals surface area contributed by atoms with Crippen LogP contribution in [0.3, 0.4) is 0 Å². The van der Waals surface area contributed by atoms with Crippen molar-refractivity contribution < 1.29 is 0 Å². The predicted octanol–water partition coefficient (Wildman–Crippen LogP) is 2.17. The molecule has 1 saturated carbocycles. The zero-order chi connectivity index (χ0) is 15.0. The lowest BCUT2D eigenvalue weighted by molar-refractivity contribution is 0.255. The maximum absolute atomic E-state index is 4.33. The van der Waals surface area contributed by atoms with Gasteiger partial charge in [-0.15, -0.1) is 0 Å². The molecule has 1 rings (SSSR count). The minimum atomic E-state index is 0.589. The van der Waals surface area contributed by atoms with Gasteiger partial charge in [-0.3, -0.25) is 4.99 Å². The molecular weight excluding hydrogens is 268 g/mol. The van der Waals surface area contributed by atoms with Crippen molar-refractivity contribution in [3.63, 3.8) is 0 Å². The molecule has 0 aliphatic heterocycles. The zero-order valence-corrected chi connectivity index (χ0v) is 14.6. The second-order valence-corrected chi connectivity index (χ2v) is 6.89. The van der Waals surface area contributed by atoms with Crippen molar-refractivity contribution >= 4 is 17.7 Å². The van der Waals surface area contributed by atoms with Crippen LogP contribution in [-0.2, 0) is 0 Å². The van der Waals surface area contributed by atoms with Crippen LogP contribution in [0.2, 0.25) is 0 Å². The molecule has 0 radical (unpaired) electrons. The van der Waals surface area contributed by atoms with Crippen LogP contribution in [0.5, 0.6) is 0 Å². The van der Waals surface area contributed by atoms with E-state index in [1.54, 1.807) is 0 Å². The summed E-state index contributed by atoms with van der Waals surface area (Å²) in [5.41, 5.74) is 0. The number of rotatable bonds is 7. The van der Waals surface area contributed by atoms with Crippen molar-refractivity contribution in [3.05, 3.63) is 0 Å². The molecule has 1 aliphatic carbocycles. The first-order chi connectivity index (χ1) is 9.60. The van der Waals surface area contributed by atoms with Crippen LogP contribution < -0.4 is 10.6 Å². The van der Waals surface area contributed by atoms with E-state index in [0.29, 0.717) is 12.1 Å². The van der Waals surface area contributed by atoms with Gasteiger partial charge in [-0.2, -0.15) is 11.8 Å². The molecule has 2 N–H and O–H groups in total. The second-order valence-electron chi connectivity index (χ2n) is 5.75. The van der Waals surface area contributed by atoms with Gasteiger partial charge < -0.3 is 15.5 Å². The molecule has 3 unspecified atom stereocenters. The minimum absolute atomic E-state index is 0.589. The van der Waals surface area contributed by atoms with E-state index in [9.17, 15) is 0 Å². The quantitative estimate of drug-likeness (QED) is 0.558. The van der Waals surface area contributed by atoms with Crippen molar-refractivity contribution in [3.8, 4) is 0 Å². The fourth-order valence-corrected chi connectivity index (χ4v) is 3.35. The molecule has 20 heavy (non-hydrogen) atoms. The topological polar surface area (TPSA) is 39.7 Å². The maximum Gasteiger partial charge on any atom is 0.191 e. The molecule has 0 bridgehead atoms. The fourth-order valence-electron chi connectivity index (χ4n) is 2.56. The van der Waals surface area contributed by atoms with Gasteiger partial charge in [-0.1, -0.05) is 6.92 Å². The van der Waals surface area contributed by atoms with Gasteiger partial charge in [0.15, 0.2) is 5.96 Å². The Morgan fingerprint density at radius 3 is 2.75 bits per heavy atom. The van der Waals surface area contributed by atoms with E-state index in [0.717, 1.165) is 24.3 Å². The molecule has 0 saturated heterocycles. The summed E-state index contributed by atoms with van der Waals surface area (Å²) < 4.78 is 0. The Hall–Kier alpha value is -0.420. The van der Waals surface area contributed by atoms with Crippen LogP contribution in [0.25, 0.3) is 0 Å². The van der Waals surface area contributed by atoms with Crippen molar-refractivity contribution in [2.24, 2.45) is 4.99 Å². The van der Waals surface area contributed by atoms with E-state index < -0.39 is 0 Å². The summed E-state index contributed by atoms with van der Waals surface area (Å²) in [6.45, 7) is 6.50. The van der Waals surface area contributed by atoms with Crippen LogP contribution in [0.1, 0.15) is 39.5 Å². The third-order valence-electron chi connectivity index (χ3n) is 4.38. The molecular formula is C15H32N4S. The number of hydrogen-bond acceptors (Lipinski definition) is 3. The Kier molecular flexibility index (Phi) is 8.38. The van der Waals surface area contributed by atoms with Gasteiger partial charge >= 0.3 is 0 Å². The smallest absolute Gasteiger partial charge is 0.191 e. The average molecular weight is 301 g/mol. The molecule has 0 aromatic heterocycles. The number of guanidine groups is 1. The van der Waals surface area contributed by atoms with Crippen LogP contribution in [0, 0.1) is 0 Å². The molecule has 1 aliphatic rings. The highest BCUT2D eigenvalue weighted by Gasteiger charge is 2.24. The monoisotopic (exact) mass is 300 g/mol. The SMILES string of the molecule is CCC(C)N(C)CCNC(=NC)NC1CCC(SC)C1. The normalized spacial score (nSPS) is 25.0. The Balaban J connectivity index is 2.24. The Morgan fingerprint density at radius 1 is 1.45 bits per heavy atom. The molecule has 0 heterocycles. The summed E-state index contributed by atoms with van der Waals surface area (Å²) in [6, 6.07) is 1.23. The van der Waals surface area contributed by atoms with Crippen molar-refractivity contribution in [2.75, 3.05) is 33.4 Å². The summed E-state index contributed by atoms with van der Waals surface area (Å²) in [5.74, 6) is 0.953. The van der Waals surface area contributed by atoms with Gasteiger partial charge in [0.25, 0.3) is 0 Å². The summed E-state index contributed by atoms with van der Waals surface area (Å²) >= 11 is 1.99. The highest BCUT2D eigenvalue weighted by Crippen LogP contribution is 2.27. The first-order valence-electron chi connectivity index (χ1n) is 7.80. The molecule has 0 spiro atoms. The summed E-state index contributed by atoms with van der Waals surface area (Å²) in [4.78, 5) is 6.72. The predicted molar refractivity (Wildman–Crippen MR) is 91.8 cm³/mol. The summed E-state index contributed by atoms with van der Waals surface area (Å²) in [6.07, 6.45) is 7.26. The van der Waals surface area contributed by atoms with Crippen LogP contribution in [0.15, 0.2) is 4.99 Å². The molecule has 0 amide bonds. The number of aliphatic imine (C=N–C) groups is 1. The Bertz CT molecular complexity index is 296. The standard InChI is InChI=1S/C15H32N4S/c1-6-12(2)19(4)10-9-17-15(16-3)18-13-7-8-14(11-13)20-5/h12-14H,6-11H2,1-5H3,(H2,16,17,18). The molecule has 4 nitrogen and oxygen atoms in total. The third-order valence-corrected chi connectivity index (χ3v) is 5.48. The van der Waals surface area contributed by atoms with E-state index in [-0.39, 0.29) is 0 Å². The largest absolute Gasteiger partial charge is 0.355 e. The highest BCUT2D eigenvalue weighted by atomic mass is 32.2. The van der Waals surface area contributed by atoms with Gasteiger partial charge in [0, 0.05) is 37.5 Å². The maximum atomic E-state index is 4.33. The van der Waals surface area contributed by atoms with Crippen LogP contribution in [0.4, 0.5) is 0 Å². The lowest BCUT2D eigenvalue weighted by Gasteiger charge is -2.24. The van der Waals surface area contributed by atoms with Crippen LogP contribution >= 0.6 is 11.8 Å². The van der Waals surface area contributed by atoms with E-state index in [4.69, 9.17) is 0 Å². The first-order valence-corrected chi connectivity index (χ1v) is 9.09. The zero-order valence-electron chi connectivity index (χ0n) is 13.8. The van der Waals surface area contributed by atoms with E-state index in [1.165, 1.54) is 25.7 Å². The Morgan fingerprint density at radius 2 is 2.20 bits per heavy atom. The van der Waals surface area contributed by atoms with Gasteiger partial charge in [0.2, 0.25) is 0 Å². The minimum Gasteiger partial charge on any atom is -0.355 e. The van der Waals surface area contributed by atoms with Crippen molar-refractivity contribution in [1.29, 1.82) is 0 Å². The summed E-state index contributed by atoms with van der Waals surface area (Å²) in [7, 11) is 4.04. The number of hydrogen-bond donors (Lipinski definition) is 2. The molecule has 0 aromatic carbocycles. The Labute approximate surface area is 129 Å². The molecule has 3 atom stereocenters. The summed E-state index contributed by atoms with van der Waals surface area (Å²) in [5, 5.41) is 7.80. The lowest BCUT2D eigenvalue weighted by Crippen LogP contribution is -2.45. The van der Waals surface area contributed by atoms with E-state index in [2.05, 4.69) is 47.7 Å². The van der Waals surface area contributed by atoms with E-state index >= 15 is 0 Å².